The predicted octanol–water partition coefficient (Wildman–Crippen LogP) is 2.97. The molecule has 0 aliphatic carbocycles. The van der Waals surface area contributed by atoms with Crippen LogP contribution in [-0.4, -0.2) is 11.7 Å². The van der Waals surface area contributed by atoms with E-state index in [-0.39, 0.29) is 6.61 Å². The molecule has 0 saturated carbocycles. The van der Waals surface area contributed by atoms with Gasteiger partial charge in [0, 0.05) is 0 Å². The summed E-state index contributed by atoms with van der Waals surface area (Å²) in [5.74, 6) is 0.913. The molecule has 0 heterocycles. The van der Waals surface area contributed by atoms with Crippen LogP contribution in [0.25, 0.3) is 0 Å². The second kappa shape index (κ2) is 5.76. The van der Waals surface area contributed by atoms with E-state index in [1.54, 1.807) is 0 Å². The van der Waals surface area contributed by atoms with E-state index in [1.807, 2.05) is 26.0 Å². The van der Waals surface area contributed by atoms with E-state index in [4.69, 9.17) is 9.84 Å². The van der Waals surface area contributed by atoms with Crippen molar-refractivity contribution in [1.29, 1.82) is 0 Å². The molecular weight excluding hydrogens is 188 g/mol. The van der Waals surface area contributed by atoms with Crippen molar-refractivity contribution in [2.24, 2.45) is 0 Å². The number of unbranched alkanes of at least 4 members (excludes halogenated alkanes) is 1. The third kappa shape index (κ3) is 3.24. The number of hydrogen-bond acceptors (Lipinski definition) is 2. The Bertz CT molecular complexity index is 295. The Labute approximate surface area is 91.9 Å². The highest BCUT2D eigenvalue weighted by atomic mass is 16.5. The molecule has 1 N–H and O–H groups in total. The molecule has 0 aliphatic rings. The van der Waals surface area contributed by atoms with Gasteiger partial charge in [0.1, 0.15) is 5.75 Å². The van der Waals surface area contributed by atoms with Crippen molar-refractivity contribution < 1.29 is 9.84 Å². The van der Waals surface area contributed by atoms with Crippen molar-refractivity contribution in [1.82, 2.24) is 0 Å². The van der Waals surface area contributed by atoms with Crippen molar-refractivity contribution >= 4 is 0 Å². The van der Waals surface area contributed by atoms with Gasteiger partial charge in [0.05, 0.1) is 13.2 Å². The zero-order valence-electron chi connectivity index (χ0n) is 9.84. The minimum atomic E-state index is 0.104. The van der Waals surface area contributed by atoms with Gasteiger partial charge in [0.15, 0.2) is 0 Å². The van der Waals surface area contributed by atoms with Gasteiger partial charge < -0.3 is 9.84 Å². The molecule has 1 rings (SSSR count). The number of benzene rings is 1. The van der Waals surface area contributed by atoms with Crippen molar-refractivity contribution in [3.8, 4) is 5.75 Å². The maximum Gasteiger partial charge on any atom is 0.119 e. The molecule has 15 heavy (non-hydrogen) atoms. The summed E-state index contributed by atoms with van der Waals surface area (Å²) in [6.45, 7) is 7.03. The van der Waals surface area contributed by atoms with Gasteiger partial charge in [-0.2, -0.15) is 0 Å². The fraction of sp³-hybridized carbons (Fsp3) is 0.538. The topological polar surface area (TPSA) is 29.5 Å². The van der Waals surface area contributed by atoms with E-state index in [1.165, 1.54) is 0 Å². The SMILES string of the molecule is CCCCOc1cc(C)c(CO)c(C)c1. The lowest BCUT2D eigenvalue weighted by Crippen LogP contribution is -1.99. The number of ether oxygens (including phenoxy) is 1. The van der Waals surface area contributed by atoms with E-state index in [9.17, 15) is 0 Å². The fourth-order valence-corrected chi connectivity index (χ4v) is 1.62. The molecule has 0 radical (unpaired) electrons. The molecule has 0 aliphatic heterocycles. The summed E-state index contributed by atoms with van der Waals surface area (Å²) in [5, 5.41) is 9.16. The molecule has 2 heteroatoms. The van der Waals surface area contributed by atoms with Crippen LogP contribution in [0.5, 0.6) is 5.75 Å². The van der Waals surface area contributed by atoms with Gasteiger partial charge in [0.2, 0.25) is 0 Å². The third-order valence-corrected chi connectivity index (χ3v) is 2.59. The molecule has 0 aromatic heterocycles. The molecule has 0 spiro atoms. The molecule has 2 nitrogen and oxygen atoms in total. The lowest BCUT2D eigenvalue weighted by atomic mass is 10.0. The Morgan fingerprint density at radius 3 is 2.27 bits per heavy atom. The van der Waals surface area contributed by atoms with Crippen LogP contribution in [0.4, 0.5) is 0 Å². The van der Waals surface area contributed by atoms with E-state index < -0.39 is 0 Å². The fourth-order valence-electron chi connectivity index (χ4n) is 1.62. The average Bonchev–Trinajstić information content (AvgIpc) is 2.18. The highest BCUT2D eigenvalue weighted by Gasteiger charge is 2.04. The van der Waals surface area contributed by atoms with Gasteiger partial charge in [-0.1, -0.05) is 13.3 Å². The Morgan fingerprint density at radius 1 is 1.20 bits per heavy atom. The van der Waals surface area contributed by atoms with Crippen LogP contribution in [0.2, 0.25) is 0 Å². The van der Waals surface area contributed by atoms with Gasteiger partial charge >= 0.3 is 0 Å². The number of aryl methyl sites for hydroxylation is 2. The molecule has 0 amide bonds. The zero-order chi connectivity index (χ0) is 11.3. The Morgan fingerprint density at radius 2 is 1.80 bits per heavy atom. The number of hydrogen-bond donors (Lipinski definition) is 1. The van der Waals surface area contributed by atoms with Crippen molar-refractivity contribution in [3.63, 3.8) is 0 Å². The maximum absolute atomic E-state index is 9.16. The molecule has 0 atom stereocenters. The highest BCUT2D eigenvalue weighted by Crippen LogP contribution is 2.22. The van der Waals surface area contributed by atoms with Gasteiger partial charge in [-0.05, 0) is 49.1 Å². The van der Waals surface area contributed by atoms with Crippen LogP contribution in [0.3, 0.4) is 0 Å². The van der Waals surface area contributed by atoms with E-state index in [0.29, 0.717) is 0 Å². The summed E-state index contributed by atoms with van der Waals surface area (Å²) >= 11 is 0. The first kappa shape index (κ1) is 12.1. The number of rotatable bonds is 5. The Balaban J connectivity index is 2.75. The first-order valence-electron chi connectivity index (χ1n) is 5.52. The highest BCUT2D eigenvalue weighted by molar-refractivity contribution is 5.40. The minimum Gasteiger partial charge on any atom is -0.494 e. The maximum atomic E-state index is 9.16. The van der Waals surface area contributed by atoms with Crippen molar-refractivity contribution in [2.75, 3.05) is 6.61 Å². The van der Waals surface area contributed by atoms with Gasteiger partial charge in [-0.3, -0.25) is 0 Å². The van der Waals surface area contributed by atoms with Crippen LogP contribution in [-0.2, 0) is 6.61 Å². The molecule has 1 aromatic carbocycles. The summed E-state index contributed by atoms with van der Waals surface area (Å²) < 4.78 is 5.63. The first-order chi connectivity index (χ1) is 7.19. The molecule has 1 aromatic rings. The van der Waals surface area contributed by atoms with Gasteiger partial charge in [-0.15, -0.1) is 0 Å². The normalized spacial score (nSPS) is 10.4. The summed E-state index contributed by atoms with van der Waals surface area (Å²) in [4.78, 5) is 0. The van der Waals surface area contributed by atoms with Crippen LogP contribution < -0.4 is 4.74 Å². The Kier molecular flexibility index (Phi) is 4.63. The summed E-state index contributed by atoms with van der Waals surface area (Å²) in [6.07, 6.45) is 2.23. The second-order valence-electron chi connectivity index (χ2n) is 3.90. The predicted molar refractivity (Wildman–Crippen MR) is 62.2 cm³/mol. The molecule has 0 fully saturated rings. The molecule has 84 valence electrons. The van der Waals surface area contributed by atoms with Crippen molar-refractivity contribution in [3.05, 3.63) is 28.8 Å². The standard InChI is InChI=1S/C13H20O2/c1-4-5-6-15-12-7-10(2)13(9-14)11(3)8-12/h7-8,14H,4-6,9H2,1-3H3. The van der Waals surface area contributed by atoms with Crippen molar-refractivity contribution in [2.45, 2.75) is 40.2 Å². The van der Waals surface area contributed by atoms with E-state index in [0.717, 1.165) is 41.9 Å². The zero-order valence-corrected chi connectivity index (χ0v) is 9.84. The van der Waals surface area contributed by atoms with Gasteiger partial charge in [0.25, 0.3) is 0 Å². The average molecular weight is 208 g/mol. The van der Waals surface area contributed by atoms with E-state index in [2.05, 4.69) is 6.92 Å². The van der Waals surface area contributed by atoms with Crippen LogP contribution in [0, 0.1) is 13.8 Å². The summed E-state index contributed by atoms with van der Waals surface area (Å²) in [6, 6.07) is 3.99. The summed E-state index contributed by atoms with van der Waals surface area (Å²) in [5.41, 5.74) is 3.21. The van der Waals surface area contributed by atoms with E-state index >= 15 is 0 Å². The number of aliphatic hydroxyl groups is 1. The smallest absolute Gasteiger partial charge is 0.119 e. The molecule has 0 unspecified atom stereocenters. The first-order valence-corrected chi connectivity index (χ1v) is 5.52. The lowest BCUT2D eigenvalue weighted by molar-refractivity contribution is 0.279. The van der Waals surface area contributed by atoms with Crippen LogP contribution >= 0.6 is 0 Å². The monoisotopic (exact) mass is 208 g/mol. The quantitative estimate of drug-likeness (QED) is 0.754. The Hall–Kier alpha value is -1.02. The molecule has 0 bridgehead atoms. The molecule has 0 saturated heterocycles. The number of aliphatic hydroxyl groups excluding tert-OH is 1. The largest absolute Gasteiger partial charge is 0.494 e. The van der Waals surface area contributed by atoms with Crippen LogP contribution in [0.1, 0.15) is 36.5 Å². The summed E-state index contributed by atoms with van der Waals surface area (Å²) in [7, 11) is 0. The lowest BCUT2D eigenvalue weighted by Gasteiger charge is -2.11. The minimum absolute atomic E-state index is 0.104. The third-order valence-electron chi connectivity index (χ3n) is 2.59. The van der Waals surface area contributed by atoms with Gasteiger partial charge in [-0.25, -0.2) is 0 Å². The molecular formula is C13H20O2. The second-order valence-corrected chi connectivity index (χ2v) is 3.90. The van der Waals surface area contributed by atoms with Crippen LogP contribution in [0.15, 0.2) is 12.1 Å².